The van der Waals surface area contributed by atoms with Crippen molar-refractivity contribution in [2.45, 2.75) is 26.4 Å². The van der Waals surface area contributed by atoms with E-state index in [1.165, 1.54) is 6.21 Å². The van der Waals surface area contributed by atoms with Gasteiger partial charge in [-0.1, -0.05) is 60.1 Å². The van der Waals surface area contributed by atoms with Crippen LogP contribution in [0.3, 0.4) is 0 Å². The van der Waals surface area contributed by atoms with Crippen LogP contribution in [0, 0.1) is 6.92 Å². The molecular weight excluding hydrogens is 426 g/mol. The van der Waals surface area contributed by atoms with E-state index in [9.17, 15) is 9.59 Å². The number of amides is 2. The minimum absolute atomic E-state index is 0.00887. The standard InChI is InChI=1S/C25H24ClN3O3/c1-18-21(26)11-7-12-22(18)28-24(30)14-15-25(31)29-27-16-20-10-5-6-13-23(20)32-17-19-8-3-2-4-9-19/h2-13,16H,14-15,17H2,1H3,(H,28,30)(H,29,31)/b27-16+. The summed E-state index contributed by atoms with van der Waals surface area (Å²) in [5.74, 6) is 0.0293. The van der Waals surface area contributed by atoms with Crippen LogP contribution in [-0.2, 0) is 16.2 Å². The summed E-state index contributed by atoms with van der Waals surface area (Å²) in [5.41, 5.74) is 5.65. The molecule has 0 saturated heterocycles. The number of hydrogen-bond acceptors (Lipinski definition) is 4. The van der Waals surface area contributed by atoms with Crippen LogP contribution in [-0.4, -0.2) is 18.0 Å². The first-order valence-corrected chi connectivity index (χ1v) is 10.5. The van der Waals surface area contributed by atoms with Gasteiger partial charge in [0.25, 0.3) is 0 Å². The molecule has 0 aliphatic carbocycles. The van der Waals surface area contributed by atoms with Crippen LogP contribution in [0.1, 0.15) is 29.5 Å². The number of rotatable bonds is 9. The first-order chi connectivity index (χ1) is 15.5. The zero-order valence-electron chi connectivity index (χ0n) is 17.7. The smallest absolute Gasteiger partial charge is 0.240 e. The summed E-state index contributed by atoms with van der Waals surface area (Å²) in [7, 11) is 0. The maximum atomic E-state index is 12.1. The zero-order valence-corrected chi connectivity index (χ0v) is 18.4. The van der Waals surface area contributed by atoms with Crippen molar-refractivity contribution in [1.29, 1.82) is 0 Å². The van der Waals surface area contributed by atoms with E-state index in [0.29, 0.717) is 23.1 Å². The molecule has 3 aromatic rings. The van der Waals surface area contributed by atoms with Crippen LogP contribution in [0.2, 0.25) is 5.02 Å². The summed E-state index contributed by atoms with van der Waals surface area (Å²) in [4.78, 5) is 24.2. The van der Waals surface area contributed by atoms with Gasteiger partial charge >= 0.3 is 0 Å². The van der Waals surface area contributed by atoms with Crippen LogP contribution in [0.4, 0.5) is 5.69 Å². The summed E-state index contributed by atoms with van der Waals surface area (Å²) >= 11 is 6.05. The zero-order chi connectivity index (χ0) is 22.8. The molecule has 0 radical (unpaired) electrons. The summed E-state index contributed by atoms with van der Waals surface area (Å²) in [6.45, 7) is 2.25. The normalized spacial score (nSPS) is 10.7. The van der Waals surface area contributed by atoms with E-state index in [2.05, 4.69) is 15.8 Å². The third-order valence-electron chi connectivity index (χ3n) is 4.67. The van der Waals surface area contributed by atoms with Crippen molar-refractivity contribution in [3.8, 4) is 5.75 Å². The van der Waals surface area contributed by atoms with Crippen molar-refractivity contribution >= 4 is 35.3 Å². The topological polar surface area (TPSA) is 79.8 Å². The molecule has 0 saturated carbocycles. The van der Waals surface area contributed by atoms with Gasteiger partial charge in [0, 0.05) is 29.1 Å². The molecule has 0 bridgehead atoms. The number of ether oxygens (including phenoxy) is 1. The van der Waals surface area contributed by atoms with E-state index >= 15 is 0 Å². The van der Waals surface area contributed by atoms with Gasteiger partial charge < -0.3 is 10.1 Å². The van der Waals surface area contributed by atoms with Gasteiger partial charge in [-0.05, 0) is 42.3 Å². The predicted octanol–water partition coefficient (Wildman–Crippen LogP) is 5.10. The average Bonchev–Trinajstić information content (AvgIpc) is 2.81. The predicted molar refractivity (Wildman–Crippen MR) is 127 cm³/mol. The van der Waals surface area contributed by atoms with Crippen LogP contribution < -0.4 is 15.5 Å². The monoisotopic (exact) mass is 449 g/mol. The molecule has 0 atom stereocenters. The summed E-state index contributed by atoms with van der Waals surface area (Å²) in [6, 6.07) is 22.5. The number of anilines is 1. The molecule has 7 heteroatoms. The lowest BCUT2D eigenvalue weighted by atomic mass is 10.2. The van der Waals surface area contributed by atoms with Crippen molar-refractivity contribution in [2.75, 3.05) is 5.32 Å². The highest BCUT2D eigenvalue weighted by Crippen LogP contribution is 2.23. The van der Waals surface area contributed by atoms with E-state index in [0.717, 1.165) is 16.7 Å². The first-order valence-electron chi connectivity index (χ1n) is 10.2. The molecule has 2 N–H and O–H groups in total. The van der Waals surface area contributed by atoms with Crippen LogP contribution in [0.5, 0.6) is 5.75 Å². The Morgan fingerprint density at radius 2 is 1.66 bits per heavy atom. The third-order valence-corrected chi connectivity index (χ3v) is 5.08. The highest BCUT2D eigenvalue weighted by molar-refractivity contribution is 6.31. The van der Waals surface area contributed by atoms with Gasteiger partial charge in [0.1, 0.15) is 12.4 Å². The maximum absolute atomic E-state index is 12.1. The van der Waals surface area contributed by atoms with Gasteiger partial charge in [0.05, 0.1) is 6.21 Å². The molecule has 2 amide bonds. The highest BCUT2D eigenvalue weighted by Gasteiger charge is 2.09. The van der Waals surface area contributed by atoms with E-state index < -0.39 is 0 Å². The van der Waals surface area contributed by atoms with E-state index in [4.69, 9.17) is 16.3 Å². The molecule has 6 nitrogen and oxygen atoms in total. The second-order valence-electron chi connectivity index (χ2n) is 7.07. The van der Waals surface area contributed by atoms with Crippen molar-refractivity contribution in [1.82, 2.24) is 5.43 Å². The minimum Gasteiger partial charge on any atom is -0.488 e. The second kappa shape index (κ2) is 11.7. The van der Waals surface area contributed by atoms with Gasteiger partial charge in [-0.2, -0.15) is 5.10 Å². The van der Waals surface area contributed by atoms with E-state index in [1.807, 2.05) is 61.5 Å². The fourth-order valence-electron chi connectivity index (χ4n) is 2.87. The van der Waals surface area contributed by atoms with Crippen molar-refractivity contribution in [3.05, 3.63) is 94.5 Å². The molecule has 0 aliphatic heterocycles. The quantitative estimate of drug-likeness (QED) is 0.352. The fraction of sp³-hybridized carbons (Fsp3) is 0.160. The largest absolute Gasteiger partial charge is 0.488 e. The molecule has 164 valence electrons. The van der Waals surface area contributed by atoms with E-state index in [1.54, 1.807) is 18.2 Å². The number of benzene rings is 3. The number of carbonyl (C=O) groups is 2. The van der Waals surface area contributed by atoms with Crippen molar-refractivity contribution in [3.63, 3.8) is 0 Å². The summed E-state index contributed by atoms with van der Waals surface area (Å²) in [5, 5.41) is 7.33. The summed E-state index contributed by atoms with van der Waals surface area (Å²) < 4.78 is 5.87. The Labute approximate surface area is 192 Å². The Hall–Kier alpha value is -3.64. The Morgan fingerprint density at radius 1 is 0.938 bits per heavy atom. The highest BCUT2D eigenvalue weighted by atomic mass is 35.5. The number of hydrogen-bond donors (Lipinski definition) is 2. The van der Waals surface area contributed by atoms with E-state index in [-0.39, 0.29) is 24.7 Å². The van der Waals surface area contributed by atoms with Gasteiger partial charge in [0.2, 0.25) is 11.8 Å². The number of hydrazone groups is 1. The Kier molecular flexibility index (Phi) is 8.40. The molecule has 0 aromatic heterocycles. The third kappa shape index (κ3) is 6.96. The lowest BCUT2D eigenvalue weighted by Gasteiger charge is -2.09. The second-order valence-corrected chi connectivity index (χ2v) is 7.47. The molecule has 0 unspecified atom stereocenters. The molecular formula is C25H24ClN3O3. The number of halogens is 1. The molecule has 3 aromatic carbocycles. The number of carbonyl (C=O) groups excluding carboxylic acids is 2. The molecule has 0 aliphatic rings. The number of nitrogens with one attached hydrogen (secondary N) is 2. The Morgan fingerprint density at radius 3 is 2.47 bits per heavy atom. The fourth-order valence-corrected chi connectivity index (χ4v) is 3.04. The SMILES string of the molecule is Cc1c(Cl)cccc1NC(=O)CCC(=O)N/N=C/c1ccccc1OCc1ccccc1. The Balaban J connectivity index is 1.47. The van der Waals surface area contributed by atoms with Gasteiger partial charge in [-0.3, -0.25) is 9.59 Å². The molecule has 0 fully saturated rings. The van der Waals surface area contributed by atoms with Crippen molar-refractivity contribution in [2.24, 2.45) is 5.10 Å². The Bertz CT molecular complexity index is 1100. The van der Waals surface area contributed by atoms with Crippen LogP contribution in [0.25, 0.3) is 0 Å². The van der Waals surface area contributed by atoms with Gasteiger partial charge in [-0.25, -0.2) is 5.43 Å². The number of nitrogens with zero attached hydrogens (tertiary/aromatic N) is 1. The van der Waals surface area contributed by atoms with Crippen LogP contribution in [0.15, 0.2) is 77.9 Å². The minimum atomic E-state index is -0.359. The number of para-hydroxylation sites is 1. The molecule has 0 heterocycles. The average molecular weight is 450 g/mol. The van der Waals surface area contributed by atoms with Crippen molar-refractivity contribution < 1.29 is 14.3 Å². The van der Waals surface area contributed by atoms with Crippen LogP contribution >= 0.6 is 11.6 Å². The molecule has 3 rings (SSSR count). The first kappa shape index (κ1) is 23.0. The lowest BCUT2D eigenvalue weighted by Crippen LogP contribution is -2.21. The lowest BCUT2D eigenvalue weighted by molar-refractivity contribution is -0.124. The molecule has 32 heavy (non-hydrogen) atoms. The summed E-state index contributed by atoms with van der Waals surface area (Å²) in [6.07, 6.45) is 1.56. The van der Waals surface area contributed by atoms with Gasteiger partial charge in [-0.15, -0.1) is 0 Å². The molecule has 0 spiro atoms. The van der Waals surface area contributed by atoms with Gasteiger partial charge in [0.15, 0.2) is 0 Å². The maximum Gasteiger partial charge on any atom is 0.240 e.